The third kappa shape index (κ3) is 5.96. The monoisotopic (exact) mass is 612 g/mol. The van der Waals surface area contributed by atoms with Crippen LogP contribution in [0, 0.1) is 0 Å². The number of sulfonamides is 1. The summed E-state index contributed by atoms with van der Waals surface area (Å²) in [5, 5.41) is 26.0. The lowest BCUT2D eigenvalue weighted by Crippen LogP contribution is -2.47. The van der Waals surface area contributed by atoms with E-state index in [0.29, 0.717) is 48.4 Å². The van der Waals surface area contributed by atoms with E-state index in [4.69, 9.17) is 10.5 Å². The van der Waals surface area contributed by atoms with Crippen molar-refractivity contribution < 1.29 is 27.9 Å². The normalized spacial score (nSPS) is 22.4. The summed E-state index contributed by atoms with van der Waals surface area (Å²) in [7, 11) is 0.158. The Balaban J connectivity index is 1.06. The van der Waals surface area contributed by atoms with E-state index < -0.39 is 34.6 Å². The van der Waals surface area contributed by atoms with Crippen molar-refractivity contribution in [2.24, 2.45) is 0 Å². The number of H-pyrrole nitrogens is 1. The quantitative estimate of drug-likeness (QED) is 0.0727. The lowest BCUT2D eigenvalue weighted by Gasteiger charge is -2.17. The summed E-state index contributed by atoms with van der Waals surface area (Å²) >= 11 is 0. The maximum atomic E-state index is 13.2. The number of nitrogens with one attached hydrogen (secondary N) is 3. The van der Waals surface area contributed by atoms with Crippen LogP contribution in [-0.4, -0.2) is 104 Å². The van der Waals surface area contributed by atoms with E-state index in [1.54, 1.807) is 16.7 Å². The Morgan fingerprint density at radius 2 is 1.86 bits per heavy atom. The number of aromatic nitrogens is 4. The maximum absolute atomic E-state index is 13.2. The fourth-order valence-electron chi connectivity index (χ4n) is 5.49. The molecule has 2 fully saturated rings. The lowest BCUT2D eigenvalue weighted by molar-refractivity contribution is -0.747. The maximum Gasteiger partial charge on any atom is 0.298 e. The number of aromatic amines is 1. The number of nitrogens with zero attached hydrogens (tertiary/aromatic N) is 5. The van der Waals surface area contributed by atoms with Crippen LogP contribution in [0.4, 0.5) is 17.5 Å². The van der Waals surface area contributed by atoms with Gasteiger partial charge in [-0.05, 0) is 25.0 Å². The Bertz CT molecular complexity index is 1730. The first kappa shape index (κ1) is 29.5. The van der Waals surface area contributed by atoms with Crippen molar-refractivity contribution in [3.8, 4) is 0 Å². The number of imidazole rings is 1. The predicted molar refractivity (Wildman–Crippen MR) is 162 cm³/mol. The molecular formula is C28H38N9O5S+. The van der Waals surface area contributed by atoms with E-state index in [1.807, 2.05) is 43.3 Å². The summed E-state index contributed by atoms with van der Waals surface area (Å²) in [6.45, 7) is 3.26. The van der Waals surface area contributed by atoms with Gasteiger partial charge in [-0.25, -0.2) is 17.7 Å². The second-order valence-electron chi connectivity index (χ2n) is 11.2. The van der Waals surface area contributed by atoms with Crippen molar-refractivity contribution in [2.45, 2.75) is 42.3 Å². The Morgan fingerprint density at radius 1 is 1.12 bits per heavy atom. The number of rotatable bonds is 12. The van der Waals surface area contributed by atoms with Crippen molar-refractivity contribution in [3.63, 3.8) is 0 Å². The van der Waals surface area contributed by atoms with Crippen molar-refractivity contribution in [2.75, 3.05) is 62.8 Å². The molecule has 2 aromatic heterocycles. The van der Waals surface area contributed by atoms with Gasteiger partial charge in [-0.1, -0.05) is 34.2 Å². The summed E-state index contributed by atoms with van der Waals surface area (Å²) in [6, 6.07) is 11.0. The molecule has 7 N–H and O–H groups in total. The first-order valence-electron chi connectivity index (χ1n) is 14.4. The zero-order chi connectivity index (χ0) is 30.3. The molecule has 230 valence electrons. The lowest BCUT2D eigenvalue weighted by atomic mass is 10.1. The van der Waals surface area contributed by atoms with Gasteiger partial charge >= 0.3 is 0 Å². The third-order valence-electron chi connectivity index (χ3n) is 7.91. The van der Waals surface area contributed by atoms with E-state index in [0.717, 1.165) is 24.2 Å². The molecule has 2 aliphatic rings. The predicted octanol–water partition coefficient (Wildman–Crippen LogP) is 0.152. The van der Waals surface area contributed by atoms with Gasteiger partial charge in [0.15, 0.2) is 5.52 Å². The summed E-state index contributed by atoms with van der Waals surface area (Å²) in [6.07, 6.45) is -0.847. The zero-order valence-corrected chi connectivity index (χ0v) is 25.0. The number of benzene rings is 2. The first-order chi connectivity index (χ1) is 20.6. The highest BCUT2D eigenvalue weighted by molar-refractivity contribution is 7.89. The van der Waals surface area contributed by atoms with Crippen LogP contribution in [0.5, 0.6) is 0 Å². The summed E-state index contributed by atoms with van der Waals surface area (Å²) < 4.78 is 36.6. The van der Waals surface area contributed by atoms with Crippen LogP contribution in [0.3, 0.4) is 0 Å². The Morgan fingerprint density at radius 3 is 2.63 bits per heavy atom. The van der Waals surface area contributed by atoms with E-state index in [9.17, 15) is 18.6 Å². The molecule has 0 spiro atoms. The molecule has 6 rings (SSSR count). The molecule has 0 amide bonds. The highest BCUT2D eigenvalue weighted by atomic mass is 32.2. The van der Waals surface area contributed by atoms with Crippen LogP contribution in [0.15, 0.2) is 47.6 Å². The Kier molecular flexibility index (Phi) is 8.10. The van der Waals surface area contributed by atoms with Crippen LogP contribution < -0.4 is 25.2 Å². The third-order valence-corrected chi connectivity index (χ3v) is 9.43. The van der Waals surface area contributed by atoms with Crippen molar-refractivity contribution in [1.82, 2.24) is 24.6 Å². The largest absolute Gasteiger partial charge is 0.387 e. The molecule has 4 unspecified atom stereocenters. The van der Waals surface area contributed by atoms with Gasteiger partial charge in [0.05, 0.1) is 4.90 Å². The van der Waals surface area contributed by atoms with Gasteiger partial charge in [0.25, 0.3) is 11.6 Å². The van der Waals surface area contributed by atoms with Gasteiger partial charge in [0, 0.05) is 63.3 Å². The molecule has 2 aliphatic heterocycles. The number of ether oxygens (including phenoxy) is 1. The number of fused-ring (bicyclic) bond motifs is 2. The fourth-order valence-corrected chi connectivity index (χ4v) is 6.78. The SMILES string of the molecule is CN(C)c1cccc2c(S(=O)(=O)NCCCCNc3nc4c([nH]3)c(N)nc[n+]4C3OC(CN4CC4)C(O)C3O)cccc12. The molecule has 4 heterocycles. The van der Waals surface area contributed by atoms with Crippen LogP contribution in [0.1, 0.15) is 19.1 Å². The highest BCUT2D eigenvalue weighted by Crippen LogP contribution is 2.31. The molecule has 2 aromatic carbocycles. The summed E-state index contributed by atoms with van der Waals surface area (Å²) in [5.74, 6) is 0.686. The van der Waals surface area contributed by atoms with Crippen LogP contribution in [-0.2, 0) is 14.8 Å². The minimum absolute atomic E-state index is 0.237. The van der Waals surface area contributed by atoms with E-state index in [2.05, 4.69) is 29.9 Å². The van der Waals surface area contributed by atoms with Crippen molar-refractivity contribution >= 4 is 49.4 Å². The molecular weight excluding hydrogens is 574 g/mol. The summed E-state index contributed by atoms with van der Waals surface area (Å²) in [4.78, 5) is 16.3. The standard InChI is InChI=1S/C28H37N9O5S/c1-35(2)19-9-5-8-18-17(19)7-6-10-21(18)43(40,41)32-12-4-3-11-30-28-33-22-25(29)31-16-37(26(22)34-28)27-24(39)23(38)20(42-27)15-36-13-14-36/h5-10,16,20,23-24,27,32,38-39H,3-4,11-15H2,1-2H3,(H3,29,30,33,34)/p+1. The minimum Gasteiger partial charge on any atom is -0.387 e. The number of hydrogen-bond donors (Lipinski definition) is 6. The molecule has 0 bridgehead atoms. The number of aliphatic hydroxyl groups is 2. The molecule has 0 radical (unpaired) electrons. The van der Waals surface area contributed by atoms with Crippen LogP contribution in [0.2, 0.25) is 0 Å². The van der Waals surface area contributed by atoms with Crippen molar-refractivity contribution in [3.05, 3.63) is 42.7 Å². The number of nitrogen functional groups attached to an aromatic ring is 1. The molecule has 43 heavy (non-hydrogen) atoms. The molecule has 4 atom stereocenters. The van der Waals surface area contributed by atoms with Crippen LogP contribution >= 0.6 is 0 Å². The zero-order valence-electron chi connectivity index (χ0n) is 24.1. The van der Waals surface area contributed by atoms with Gasteiger partial charge in [0.1, 0.15) is 18.3 Å². The average molecular weight is 613 g/mol. The fraction of sp³-hybridized carbons (Fsp3) is 0.464. The molecule has 0 saturated carbocycles. The van der Waals surface area contributed by atoms with Crippen LogP contribution in [0.25, 0.3) is 21.9 Å². The molecule has 14 nitrogen and oxygen atoms in total. The second kappa shape index (κ2) is 11.8. The average Bonchev–Trinajstić information content (AvgIpc) is 3.63. The highest BCUT2D eigenvalue weighted by Gasteiger charge is 2.47. The van der Waals surface area contributed by atoms with Gasteiger partial charge in [0.2, 0.25) is 28.4 Å². The van der Waals surface area contributed by atoms with Gasteiger partial charge in [-0.2, -0.15) is 0 Å². The molecule has 4 aromatic rings. The van der Waals surface area contributed by atoms with E-state index in [1.165, 1.54) is 6.33 Å². The minimum atomic E-state index is -3.70. The number of unbranched alkanes of at least 4 members (excludes halogenated alkanes) is 1. The first-order valence-corrected chi connectivity index (χ1v) is 15.8. The van der Waals surface area contributed by atoms with Gasteiger partial charge in [-0.3, -0.25) is 4.90 Å². The van der Waals surface area contributed by atoms with Gasteiger partial charge in [-0.15, -0.1) is 0 Å². The van der Waals surface area contributed by atoms with Crippen molar-refractivity contribution in [1.29, 1.82) is 0 Å². The smallest absolute Gasteiger partial charge is 0.298 e. The molecule has 15 heteroatoms. The van der Waals surface area contributed by atoms with E-state index >= 15 is 0 Å². The number of hydrogen-bond acceptors (Lipinski definition) is 11. The van der Waals surface area contributed by atoms with E-state index in [-0.39, 0.29) is 17.3 Å². The molecule has 0 aliphatic carbocycles. The Labute approximate surface area is 249 Å². The Hall–Kier alpha value is -3.60. The second-order valence-corrected chi connectivity index (χ2v) is 13.0. The number of aliphatic hydroxyl groups excluding tert-OH is 2. The molecule has 2 saturated heterocycles. The topological polar surface area (TPSA) is 186 Å². The summed E-state index contributed by atoms with van der Waals surface area (Å²) in [5.41, 5.74) is 7.95. The number of anilines is 3. The van der Waals surface area contributed by atoms with Gasteiger partial charge < -0.3 is 35.9 Å². The number of nitrogens with two attached hydrogens (primary N) is 1.